The predicted octanol–water partition coefficient (Wildman–Crippen LogP) is 0.899. The normalized spacial score (nSPS) is 22.1. The van der Waals surface area contributed by atoms with Crippen LogP contribution in [-0.2, 0) is 19.5 Å². The molecular weight excluding hydrogens is 228 g/mol. The number of hydrogen-bond acceptors (Lipinski definition) is 3. The molecule has 1 aliphatic carbocycles. The van der Waals surface area contributed by atoms with Crippen LogP contribution >= 0.6 is 0 Å². The van der Waals surface area contributed by atoms with E-state index in [9.17, 15) is 4.79 Å². The molecule has 1 unspecified atom stereocenters. The average molecular weight is 250 g/mol. The summed E-state index contributed by atoms with van der Waals surface area (Å²) in [7, 11) is 0. The highest BCUT2D eigenvalue weighted by Gasteiger charge is 2.24. The van der Waals surface area contributed by atoms with Crippen LogP contribution in [0, 0.1) is 5.92 Å². The van der Waals surface area contributed by atoms with Crippen molar-refractivity contribution in [3.8, 4) is 0 Å². The van der Waals surface area contributed by atoms with Gasteiger partial charge in [0, 0.05) is 19.0 Å². The molecule has 2 N–H and O–H groups in total. The summed E-state index contributed by atoms with van der Waals surface area (Å²) in [5.41, 5.74) is 6.27. The molecule has 0 amide bonds. The molecule has 5 heteroatoms. The number of fused-ring (bicyclic) bond motifs is 1. The second kappa shape index (κ2) is 4.88. The molecule has 0 radical (unpaired) electrons. The third-order valence-electron chi connectivity index (χ3n) is 4.42. The fourth-order valence-electron chi connectivity index (χ4n) is 3.30. The van der Waals surface area contributed by atoms with Crippen molar-refractivity contribution in [2.45, 2.75) is 64.1 Å². The molecule has 0 spiro atoms. The van der Waals surface area contributed by atoms with Gasteiger partial charge in [-0.3, -0.25) is 4.57 Å². The lowest BCUT2D eigenvalue weighted by molar-refractivity contribution is 0.367. The van der Waals surface area contributed by atoms with Gasteiger partial charge in [0.1, 0.15) is 5.82 Å². The Bertz CT molecular complexity index is 470. The second-order valence-corrected chi connectivity index (χ2v) is 5.70. The van der Waals surface area contributed by atoms with Crippen LogP contribution in [0.15, 0.2) is 4.79 Å². The Hall–Kier alpha value is -1.10. The van der Waals surface area contributed by atoms with Gasteiger partial charge in [0.25, 0.3) is 0 Å². The molecule has 1 saturated carbocycles. The summed E-state index contributed by atoms with van der Waals surface area (Å²) in [4.78, 5) is 12.2. The van der Waals surface area contributed by atoms with E-state index in [1.807, 2.05) is 4.57 Å². The number of hydrogen-bond donors (Lipinski definition) is 1. The van der Waals surface area contributed by atoms with Gasteiger partial charge in [0.05, 0.1) is 6.54 Å². The number of aryl methyl sites for hydroxylation is 1. The highest BCUT2D eigenvalue weighted by Crippen LogP contribution is 2.27. The third-order valence-corrected chi connectivity index (χ3v) is 4.42. The van der Waals surface area contributed by atoms with Crippen LogP contribution in [0.25, 0.3) is 0 Å². The molecule has 3 rings (SSSR count). The van der Waals surface area contributed by atoms with Gasteiger partial charge in [-0.25, -0.2) is 9.48 Å². The van der Waals surface area contributed by atoms with E-state index in [1.54, 1.807) is 4.68 Å². The lowest BCUT2D eigenvalue weighted by Gasteiger charge is -2.17. The van der Waals surface area contributed by atoms with Crippen molar-refractivity contribution < 1.29 is 0 Å². The van der Waals surface area contributed by atoms with Crippen LogP contribution in [0.5, 0.6) is 0 Å². The van der Waals surface area contributed by atoms with Crippen molar-refractivity contribution in [2.24, 2.45) is 11.7 Å². The Morgan fingerprint density at radius 3 is 2.78 bits per heavy atom. The maximum Gasteiger partial charge on any atom is 0.345 e. The van der Waals surface area contributed by atoms with Crippen molar-refractivity contribution in [3.05, 3.63) is 16.3 Å². The van der Waals surface area contributed by atoms with Crippen molar-refractivity contribution in [1.29, 1.82) is 0 Å². The summed E-state index contributed by atoms with van der Waals surface area (Å²) >= 11 is 0. The van der Waals surface area contributed by atoms with Gasteiger partial charge in [0.2, 0.25) is 0 Å². The smallest absolute Gasteiger partial charge is 0.326 e. The minimum atomic E-state index is 0.0400. The molecule has 1 fully saturated rings. The third kappa shape index (κ3) is 2.11. The van der Waals surface area contributed by atoms with Crippen molar-refractivity contribution in [2.75, 3.05) is 0 Å². The van der Waals surface area contributed by atoms with Gasteiger partial charge in [0.15, 0.2) is 0 Å². The zero-order chi connectivity index (χ0) is 12.5. The predicted molar refractivity (Wildman–Crippen MR) is 69.4 cm³/mol. The molecule has 0 aromatic carbocycles. The molecule has 2 aliphatic rings. The zero-order valence-corrected chi connectivity index (χ0v) is 10.8. The summed E-state index contributed by atoms with van der Waals surface area (Å²) in [6.07, 6.45) is 8.16. The standard InChI is InChI=1S/C13H22N4O/c14-11(10-5-1-2-6-10)9-17-13(18)16-8-4-3-7-12(16)15-17/h10-11H,1-9,14H2. The van der Waals surface area contributed by atoms with Crippen molar-refractivity contribution in [1.82, 2.24) is 14.3 Å². The minimum absolute atomic E-state index is 0.0400. The molecule has 1 aromatic heterocycles. The summed E-state index contributed by atoms with van der Waals surface area (Å²) in [6, 6.07) is 0.0853. The van der Waals surface area contributed by atoms with Gasteiger partial charge < -0.3 is 5.73 Å². The van der Waals surface area contributed by atoms with Gasteiger partial charge in [-0.2, -0.15) is 5.10 Å². The Morgan fingerprint density at radius 2 is 2.06 bits per heavy atom. The Labute approximate surface area is 107 Å². The first-order chi connectivity index (χ1) is 8.75. The van der Waals surface area contributed by atoms with E-state index in [4.69, 9.17) is 5.73 Å². The molecule has 18 heavy (non-hydrogen) atoms. The molecule has 1 atom stereocenters. The highest BCUT2D eigenvalue weighted by atomic mass is 16.2. The maximum absolute atomic E-state index is 12.2. The lowest BCUT2D eigenvalue weighted by Crippen LogP contribution is -2.37. The maximum atomic E-state index is 12.2. The topological polar surface area (TPSA) is 65.8 Å². The van der Waals surface area contributed by atoms with E-state index in [0.717, 1.165) is 31.6 Å². The summed E-state index contributed by atoms with van der Waals surface area (Å²) in [5.74, 6) is 1.53. The molecule has 1 aliphatic heterocycles. The van der Waals surface area contributed by atoms with Gasteiger partial charge >= 0.3 is 5.69 Å². The first-order valence-electron chi connectivity index (χ1n) is 7.18. The van der Waals surface area contributed by atoms with Crippen molar-refractivity contribution >= 4 is 0 Å². The van der Waals surface area contributed by atoms with Crippen LogP contribution in [-0.4, -0.2) is 20.4 Å². The fourth-order valence-corrected chi connectivity index (χ4v) is 3.30. The minimum Gasteiger partial charge on any atom is -0.326 e. The van der Waals surface area contributed by atoms with Crippen LogP contribution in [0.2, 0.25) is 0 Å². The zero-order valence-electron chi connectivity index (χ0n) is 10.8. The van der Waals surface area contributed by atoms with Crippen LogP contribution in [0.3, 0.4) is 0 Å². The van der Waals surface area contributed by atoms with Crippen molar-refractivity contribution in [3.63, 3.8) is 0 Å². The number of rotatable bonds is 3. The average Bonchev–Trinajstić information content (AvgIpc) is 3.00. The van der Waals surface area contributed by atoms with Crippen LogP contribution in [0.1, 0.15) is 44.3 Å². The van der Waals surface area contributed by atoms with Crippen LogP contribution < -0.4 is 11.4 Å². The summed E-state index contributed by atoms with van der Waals surface area (Å²) in [6.45, 7) is 1.41. The molecule has 100 valence electrons. The number of aromatic nitrogens is 3. The molecule has 2 heterocycles. The Kier molecular flexibility index (Phi) is 3.24. The molecule has 0 saturated heterocycles. The van der Waals surface area contributed by atoms with E-state index in [-0.39, 0.29) is 11.7 Å². The largest absolute Gasteiger partial charge is 0.345 e. The van der Waals surface area contributed by atoms with E-state index in [0.29, 0.717) is 12.5 Å². The highest BCUT2D eigenvalue weighted by molar-refractivity contribution is 4.92. The molecule has 1 aromatic rings. The first-order valence-corrected chi connectivity index (χ1v) is 7.18. The van der Waals surface area contributed by atoms with Crippen LogP contribution in [0.4, 0.5) is 0 Å². The number of nitrogens with two attached hydrogens (primary N) is 1. The van der Waals surface area contributed by atoms with E-state index >= 15 is 0 Å². The molecular formula is C13H22N4O. The van der Waals surface area contributed by atoms with Gasteiger partial charge in [-0.15, -0.1) is 0 Å². The number of nitrogens with zero attached hydrogens (tertiary/aromatic N) is 3. The molecule has 0 bridgehead atoms. The van der Waals surface area contributed by atoms with E-state index < -0.39 is 0 Å². The Balaban J connectivity index is 1.76. The fraction of sp³-hybridized carbons (Fsp3) is 0.846. The lowest BCUT2D eigenvalue weighted by atomic mass is 9.99. The van der Waals surface area contributed by atoms with E-state index in [2.05, 4.69) is 5.10 Å². The SMILES string of the molecule is NC(Cn1nc2n(c1=O)CCCC2)C1CCCC1. The Morgan fingerprint density at radius 1 is 1.28 bits per heavy atom. The second-order valence-electron chi connectivity index (χ2n) is 5.70. The van der Waals surface area contributed by atoms with E-state index in [1.165, 1.54) is 25.7 Å². The first kappa shape index (κ1) is 12.0. The summed E-state index contributed by atoms with van der Waals surface area (Å²) in [5, 5.41) is 4.45. The van der Waals surface area contributed by atoms with Gasteiger partial charge in [-0.05, 0) is 31.6 Å². The molecule has 5 nitrogen and oxygen atoms in total. The quantitative estimate of drug-likeness (QED) is 0.866. The summed E-state index contributed by atoms with van der Waals surface area (Å²) < 4.78 is 3.43. The van der Waals surface area contributed by atoms with Gasteiger partial charge in [-0.1, -0.05) is 12.8 Å². The monoisotopic (exact) mass is 250 g/mol.